The van der Waals surface area contributed by atoms with Crippen molar-refractivity contribution in [2.75, 3.05) is 19.8 Å². The van der Waals surface area contributed by atoms with Crippen molar-refractivity contribution in [2.45, 2.75) is 38.8 Å². The van der Waals surface area contributed by atoms with Gasteiger partial charge in [-0.1, -0.05) is 6.07 Å². The van der Waals surface area contributed by atoms with Crippen LogP contribution in [0.25, 0.3) is 0 Å². The normalized spacial score (nSPS) is 18.1. The van der Waals surface area contributed by atoms with Crippen molar-refractivity contribution in [3.63, 3.8) is 0 Å². The van der Waals surface area contributed by atoms with Crippen LogP contribution < -0.4 is 5.32 Å². The number of hydrogen-bond acceptors (Lipinski definition) is 3. The number of nitrogens with zero attached hydrogens (tertiary/aromatic N) is 1. The van der Waals surface area contributed by atoms with Gasteiger partial charge in [0.1, 0.15) is 11.6 Å². The average Bonchev–Trinajstić information content (AvgIpc) is 2.45. The Kier molecular flexibility index (Phi) is 5.54. The fourth-order valence-electron chi connectivity index (χ4n) is 2.92. The quantitative estimate of drug-likeness (QED) is 0.914. The molecule has 1 aromatic carbocycles. The standard InChI is InChI=1S/C17H22F2N2O3/c1-11(22)20-14(16-12(18)5-4-6-13(16)19)9-15(23)21-7-8-24-10-17(21,2)3/h4-6,14H,7-10H2,1-3H3,(H,20,22). The molecule has 1 N–H and O–H groups in total. The molecule has 24 heavy (non-hydrogen) atoms. The Morgan fingerprint density at radius 2 is 1.96 bits per heavy atom. The van der Waals surface area contributed by atoms with Gasteiger partial charge in [0, 0.05) is 19.0 Å². The van der Waals surface area contributed by atoms with Crippen LogP contribution in [-0.2, 0) is 14.3 Å². The van der Waals surface area contributed by atoms with Crippen molar-refractivity contribution in [2.24, 2.45) is 0 Å². The Bertz CT molecular complexity index is 614. The van der Waals surface area contributed by atoms with Crippen molar-refractivity contribution >= 4 is 11.8 Å². The number of nitrogens with one attached hydrogen (secondary N) is 1. The first-order valence-corrected chi connectivity index (χ1v) is 7.81. The fraction of sp³-hybridized carbons (Fsp3) is 0.529. The molecular weight excluding hydrogens is 318 g/mol. The van der Waals surface area contributed by atoms with E-state index in [0.717, 1.165) is 12.1 Å². The van der Waals surface area contributed by atoms with Crippen molar-refractivity contribution in [3.05, 3.63) is 35.4 Å². The van der Waals surface area contributed by atoms with Gasteiger partial charge in [0.2, 0.25) is 11.8 Å². The third kappa shape index (κ3) is 4.08. The zero-order chi connectivity index (χ0) is 17.9. The van der Waals surface area contributed by atoms with Crippen molar-refractivity contribution in [1.29, 1.82) is 0 Å². The van der Waals surface area contributed by atoms with Crippen LogP contribution >= 0.6 is 0 Å². The van der Waals surface area contributed by atoms with Crippen molar-refractivity contribution in [1.82, 2.24) is 10.2 Å². The molecule has 1 saturated heterocycles. The number of hydrogen-bond donors (Lipinski definition) is 1. The summed E-state index contributed by atoms with van der Waals surface area (Å²) >= 11 is 0. The van der Waals surface area contributed by atoms with Crippen LogP contribution in [0.5, 0.6) is 0 Å². The number of halogens is 2. The van der Waals surface area contributed by atoms with Crippen LogP contribution in [-0.4, -0.2) is 42.0 Å². The predicted molar refractivity (Wildman–Crippen MR) is 84.1 cm³/mol. The molecule has 1 aromatic rings. The average molecular weight is 340 g/mol. The van der Waals surface area contributed by atoms with Crippen molar-refractivity contribution in [3.8, 4) is 0 Å². The molecule has 1 fully saturated rings. The molecule has 1 atom stereocenters. The second kappa shape index (κ2) is 7.25. The first-order chi connectivity index (χ1) is 11.2. The number of carbonyl (C=O) groups excluding carboxylic acids is 2. The molecule has 0 aromatic heterocycles. The first-order valence-electron chi connectivity index (χ1n) is 7.81. The van der Waals surface area contributed by atoms with E-state index in [9.17, 15) is 18.4 Å². The number of ether oxygens (including phenoxy) is 1. The van der Waals surface area contributed by atoms with Gasteiger partial charge in [0.25, 0.3) is 0 Å². The zero-order valence-electron chi connectivity index (χ0n) is 14.1. The molecule has 0 radical (unpaired) electrons. The number of benzene rings is 1. The largest absolute Gasteiger partial charge is 0.377 e. The number of rotatable bonds is 4. The highest BCUT2D eigenvalue weighted by atomic mass is 19.1. The van der Waals surface area contributed by atoms with Gasteiger partial charge >= 0.3 is 0 Å². The van der Waals surface area contributed by atoms with E-state index in [4.69, 9.17) is 4.74 Å². The van der Waals surface area contributed by atoms with Gasteiger partial charge in [-0.3, -0.25) is 9.59 Å². The molecule has 7 heteroatoms. The van der Waals surface area contributed by atoms with Crippen LogP contribution in [0, 0.1) is 11.6 Å². The molecule has 0 saturated carbocycles. The Morgan fingerprint density at radius 1 is 1.33 bits per heavy atom. The van der Waals surface area contributed by atoms with Gasteiger partial charge in [-0.15, -0.1) is 0 Å². The van der Waals surface area contributed by atoms with Crippen molar-refractivity contribution < 1.29 is 23.1 Å². The molecule has 0 spiro atoms. The summed E-state index contributed by atoms with van der Waals surface area (Å²) in [6, 6.07) is 2.40. The minimum atomic E-state index is -1.06. The topological polar surface area (TPSA) is 58.6 Å². The lowest BCUT2D eigenvalue weighted by Crippen LogP contribution is -2.56. The summed E-state index contributed by atoms with van der Waals surface area (Å²) in [5.74, 6) is -2.33. The zero-order valence-corrected chi connectivity index (χ0v) is 14.1. The molecular formula is C17H22F2N2O3. The summed E-state index contributed by atoms with van der Waals surface area (Å²) in [5.41, 5.74) is -0.809. The molecule has 2 amide bonds. The van der Waals surface area contributed by atoms with E-state index in [1.54, 1.807) is 4.90 Å². The first kappa shape index (κ1) is 18.3. The lowest BCUT2D eigenvalue weighted by atomic mass is 9.98. The minimum absolute atomic E-state index is 0.221. The van der Waals surface area contributed by atoms with E-state index in [1.165, 1.54) is 13.0 Å². The Labute approximate surface area is 140 Å². The second-order valence-electron chi connectivity index (χ2n) is 6.50. The SMILES string of the molecule is CC(=O)NC(CC(=O)N1CCOCC1(C)C)c1c(F)cccc1F. The van der Waals surface area contributed by atoms with Gasteiger partial charge in [0.15, 0.2) is 0 Å². The number of carbonyl (C=O) groups is 2. The van der Waals surface area contributed by atoms with E-state index in [-0.39, 0.29) is 17.9 Å². The van der Waals surface area contributed by atoms with Crippen LogP contribution in [0.1, 0.15) is 38.8 Å². The highest BCUT2D eigenvalue weighted by Crippen LogP contribution is 2.27. The molecule has 1 aliphatic rings. The molecule has 1 aliphatic heterocycles. The highest BCUT2D eigenvalue weighted by molar-refractivity contribution is 5.80. The highest BCUT2D eigenvalue weighted by Gasteiger charge is 2.35. The summed E-state index contributed by atoms with van der Waals surface area (Å²) in [5, 5.41) is 2.48. The molecule has 0 aliphatic carbocycles. The summed E-state index contributed by atoms with van der Waals surface area (Å²) in [7, 11) is 0. The third-order valence-electron chi connectivity index (χ3n) is 4.05. The minimum Gasteiger partial charge on any atom is -0.377 e. The lowest BCUT2D eigenvalue weighted by Gasteiger charge is -2.42. The van der Waals surface area contributed by atoms with Gasteiger partial charge in [0.05, 0.1) is 31.2 Å². The van der Waals surface area contributed by atoms with Gasteiger partial charge in [-0.25, -0.2) is 8.78 Å². The van der Waals surface area contributed by atoms with E-state index in [2.05, 4.69) is 5.32 Å². The Balaban J connectivity index is 2.26. The number of amides is 2. The molecule has 132 valence electrons. The molecule has 1 unspecified atom stereocenters. The Morgan fingerprint density at radius 3 is 2.50 bits per heavy atom. The monoisotopic (exact) mass is 340 g/mol. The summed E-state index contributed by atoms with van der Waals surface area (Å²) < 4.78 is 33.5. The Hall–Kier alpha value is -2.02. The maximum Gasteiger partial charge on any atom is 0.225 e. The van der Waals surface area contributed by atoms with Crippen LogP contribution in [0.4, 0.5) is 8.78 Å². The smallest absolute Gasteiger partial charge is 0.225 e. The molecule has 1 heterocycles. The maximum absolute atomic E-state index is 14.1. The summed E-state index contributed by atoms with van der Waals surface area (Å²) in [6.45, 7) is 6.17. The molecule has 2 rings (SSSR count). The maximum atomic E-state index is 14.1. The predicted octanol–water partition coefficient (Wildman–Crippen LogP) is 2.17. The van der Waals surface area contributed by atoms with Gasteiger partial charge < -0.3 is 15.0 Å². The third-order valence-corrected chi connectivity index (χ3v) is 4.05. The van der Waals surface area contributed by atoms with E-state index >= 15 is 0 Å². The van der Waals surface area contributed by atoms with Gasteiger partial charge in [-0.05, 0) is 26.0 Å². The van der Waals surface area contributed by atoms with Crippen LogP contribution in [0.3, 0.4) is 0 Å². The summed E-state index contributed by atoms with van der Waals surface area (Å²) in [4.78, 5) is 25.7. The van der Waals surface area contributed by atoms with E-state index in [0.29, 0.717) is 19.8 Å². The summed E-state index contributed by atoms with van der Waals surface area (Å²) in [6.07, 6.45) is -0.221. The van der Waals surface area contributed by atoms with E-state index < -0.39 is 29.1 Å². The lowest BCUT2D eigenvalue weighted by molar-refractivity contribution is -0.147. The fourth-order valence-corrected chi connectivity index (χ4v) is 2.92. The second-order valence-corrected chi connectivity index (χ2v) is 6.50. The molecule has 5 nitrogen and oxygen atoms in total. The van der Waals surface area contributed by atoms with E-state index in [1.807, 2.05) is 13.8 Å². The van der Waals surface area contributed by atoms with Gasteiger partial charge in [-0.2, -0.15) is 0 Å². The van der Waals surface area contributed by atoms with Crippen LogP contribution in [0.2, 0.25) is 0 Å². The number of morpholine rings is 1. The molecule has 0 bridgehead atoms. The van der Waals surface area contributed by atoms with Crippen LogP contribution in [0.15, 0.2) is 18.2 Å².